The summed E-state index contributed by atoms with van der Waals surface area (Å²) in [6, 6.07) is 1.47. The first-order chi connectivity index (χ1) is 18.0. The molecule has 0 bridgehead atoms. The van der Waals surface area contributed by atoms with Crippen molar-refractivity contribution in [3.05, 3.63) is 22.3 Å². The van der Waals surface area contributed by atoms with Crippen LogP contribution in [0.25, 0.3) is 0 Å². The quantitative estimate of drug-likeness (QED) is 0.126. The molecule has 244 valence electrons. The first-order valence-electron chi connectivity index (χ1n) is 17.0. The molecule has 2 nitrogen and oxygen atoms in total. The van der Waals surface area contributed by atoms with Crippen LogP contribution in [-0.4, -0.2) is 62.3 Å². The highest BCUT2D eigenvalue weighted by Crippen LogP contribution is 2.43. The molecule has 0 radical (unpaired) electrons. The Labute approximate surface area is 279 Å². The Morgan fingerprint density at radius 2 is 0.902 bits per heavy atom. The van der Waals surface area contributed by atoms with Gasteiger partial charge in [-0.3, -0.25) is 0 Å². The molecule has 2 aliphatic carbocycles. The Bertz CT molecular complexity index is 766. The van der Waals surface area contributed by atoms with E-state index in [4.69, 9.17) is 0 Å². The van der Waals surface area contributed by atoms with E-state index in [1.807, 2.05) is 0 Å². The number of hydrogen-bond donors (Lipinski definition) is 0. The van der Waals surface area contributed by atoms with Gasteiger partial charge in [0.15, 0.2) is 0 Å². The van der Waals surface area contributed by atoms with E-state index in [2.05, 4.69) is 83.6 Å². The van der Waals surface area contributed by atoms with Crippen molar-refractivity contribution >= 4 is 0 Å². The first-order valence-corrected chi connectivity index (χ1v) is 17.0. The van der Waals surface area contributed by atoms with Crippen molar-refractivity contribution in [2.45, 2.75) is 164 Å². The van der Waals surface area contributed by atoms with E-state index in [9.17, 15) is 0 Å². The third kappa shape index (κ3) is 12.7. The minimum absolute atomic E-state index is 0. The van der Waals surface area contributed by atoms with Crippen LogP contribution in [0, 0.1) is 10.8 Å². The second-order valence-corrected chi connectivity index (χ2v) is 16.5. The summed E-state index contributed by atoms with van der Waals surface area (Å²) < 4.78 is 2.36. The summed E-state index contributed by atoms with van der Waals surface area (Å²) in [7, 11) is 9.91. The molecule has 0 spiro atoms. The van der Waals surface area contributed by atoms with Crippen molar-refractivity contribution in [1.29, 1.82) is 0 Å². The maximum atomic E-state index is 2.50. The van der Waals surface area contributed by atoms with Crippen molar-refractivity contribution in [3.8, 4) is 0 Å². The Morgan fingerprint density at radius 1 is 0.585 bits per heavy atom. The minimum atomic E-state index is 0. The van der Waals surface area contributed by atoms with E-state index < -0.39 is 0 Å². The van der Waals surface area contributed by atoms with E-state index in [0.29, 0.717) is 10.8 Å². The summed E-state index contributed by atoms with van der Waals surface area (Å²) in [5.74, 6) is 0. The van der Waals surface area contributed by atoms with Crippen LogP contribution < -0.4 is 34.0 Å². The molecule has 2 unspecified atom stereocenters. The molecule has 2 atom stereocenters. The number of unbranched alkanes of at least 4 members (excludes halogenated alkanes) is 4. The number of allylic oxidation sites excluding steroid dienone is 4. The smallest absolute Gasteiger partial charge is 0.0860 e. The molecular formula is C37H72Br2N2. The first kappa shape index (κ1) is 41.4. The Kier molecular flexibility index (Phi) is 17.9. The van der Waals surface area contributed by atoms with Gasteiger partial charge >= 0.3 is 0 Å². The van der Waals surface area contributed by atoms with Crippen LogP contribution in [0.5, 0.6) is 0 Å². The molecule has 0 heterocycles. The van der Waals surface area contributed by atoms with Gasteiger partial charge in [0.05, 0.1) is 53.4 Å². The standard InChI is InChI=1S/C37H72N2.2BrH/c1-30-20-18-26-36(5,6)34(30)24-22-32(3)38(9,10)28-16-14-13-15-17-29-39(11,12)33(4)23-25-35-31(2)21-19-27-37(35,7)8;;/h32-33H,13-29H2,1-12H3;2*1H/q+2;;/p-2. The van der Waals surface area contributed by atoms with E-state index in [1.54, 1.807) is 22.3 Å². The van der Waals surface area contributed by atoms with Crippen LogP contribution in [0.3, 0.4) is 0 Å². The predicted molar refractivity (Wildman–Crippen MR) is 175 cm³/mol. The normalized spacial score (nSPS) is 20.8. The Hall–Kier alpha value is 0.360. The van der Waals surface area contributed by atoms with Crippen LogP contribution in [0.1, 0.15) is 152 Å². The van der Waals surface area contributed by atoms with Crippen LogP contribution in [0.4, 0.5) is 0 Å². The summed E-state index contributed by atoms with van der Waals surface area (Å²) in [5.41, 5.74) is 7.80. The number of rotatable bonds is 16. The van der Waals surface area contributed by atoms with Crippen molar-refractivity contribution in [3.63, 3.8) is 0 Å². The molecule has 0 aliphatic heterocycles. The molecule has 0 saturated carbocycles. The summed E-state index contributed by atoms with van der Waals surface area (Å²) in [5, 5.41) is 0. The highest BCUT2D eigenvalue weighted by molar-refractivity contribution is 5.23. The van der Waals surface area contributed by atoms with Crippen LogP contribution in [0.15, 0.2) is 22.3 Å². The predicted octanol–water partition coefficient (Wildman–Crippen LogP) is 4.49. The zero-order chi connectivity index (χ0) is 29.5. The molecule has 0 aromatic rings. The zero-order valence-electron chi connectivity index (χ0n) is 29.8. The second kappa shape index (κ2) is 17.7. The fourth-order valence-corrected chi connectivity index (χ4v) is 7.87. The van der Waals surface area contributed by atoms with E-state index >= 15 is 0 Å². The van der Waals surface area contributed by atoms with Gasteiger partial charge in [-0.1, -0.05) is 56.4 Å². The van der Waals surface area contributed by atoms with Gasteiger partial charge in [-0.15, -0.1) is 0 Å². The van der Waals surface area contributed by atoms with Gasteiger partial charge in [0.1, 0.15) is 0 Å². The lowest BCUT2D eigenvalue weighted by molar-refractivity contribution is -0.913. The Balaban J connectivity index is 0.00000800. The molecule has 0 fully saturated rings. The molecule has 0 saturated heterocycles. The number of hydrogen-bond acceptors (Lipinski definition) is 0. The fraction of sp³-hybridized carbons (Fsp3) is 0.892. The van der Waals surface area contributed by atoms with Gasteiger partial charge in [0.2, 0.25) is 0 Å². The summed E-state index contributed by atoms with van der Waals surface area (Å²) in [6.45, 7) is 22.4. The Morgan fingerprint density at radius 3 is 1.22 bits per heavy atom. The SMILES string of the molecule is CC1=C(CCC(C)[N+](C)(C)CCCCCCC[N+](C)(C)C(C)CCC2=C(C)CCCC2(C)C)C(C)(C)CCC1.[Br-].[Br-]. The second-order valence-electron chi connectivity index (χ2n) is 16.5. The van der Waals surface area contributed by atoms with Crippen molar-refractivity contribution in [1.82, 2.24) is 0 Å². The van der Waals surface area contributed by atoms with Gasteiger partial charge in [-0.05, 0) is 116 Å². The highest BCUT2D eigenvalue weighted by atomic mass is 79.9. The third-order valence-corrected chi connectivity index (χ3v) is 11.9. The molecule has 2 rings (SSSR count). The number of nitrogens with zero attached hydrogens (tertiary/aromatic N) is 2. The molecular weight excluding hydrogens is 632 g/mol. The van der Waals surface area contributed by atoms with Crippen molar-refractivity contribution in [2.24, 2.45) is 10.8 Å². The van der Waals surface area contributed by atoms with Gasteiger partial charge in [-0.2, -0.15) is 0 Å². The van der Waals surface area contributed by atoms with Crippen molar-refractivity contribution < 1.29 is 42.9 Å². The third-order valence-electron chi connectivity index (χ3n) is 11.9. The van der Waals surface area contributed by atoms with Gasteiger partial charge in [0, 0.05) is 12.8 Å². The molecule has 0 amide bonds. The van der Waals surface area contributed by atoms with Gasteiger partial charge in [0.25, 0.3) is 0 Å². The monoisotopic (exact) mass is 702 g/mol. The average Bonchev–Trinajstić information content (AvgIpc) is 2.81. The largest absolute Gasteiger partial charge is 1.00 e. The lowest BCUT2D eigenvalue weighted by atomic mass is 9.71. The number of quaternary nitrogens is 2. The lowest BCUT2D eigenvalue weighted by Gasteiger charge is -2.39. The molecule has 0 aromatic carbocycles. The van der Waals surface area contributed by atoms with Gasteiger partial charge in [-0.25, -0.2) is 0 Å². The van der Waals surface area contributed by atoms with Crippen LogP contribution in [0.2, 0.25) is 0 Å². The maximum Gasteiger partial charge on any atom is 0.0860 e. The molecule has 41 heavy (non-hydrogen) atoms. The topological polar surface area (TPSA) is 0 Å². The van der Waals surface area contributed by atoms with E-state index in [1.165, 1.54) is 118 Å². The van der Waals surface area contributed by atoms with Crippen LogP contribution >= 0.6 is 0 Å². The average molecular weight is 705 g/mol. The molecule has 0 N–H and O–H groups in total. The summed E-state index contributed by atoms with van der Waals surface area (Å²) in [4.78, 5) is 0. The zero-order valence-corrected chi connectivity index (χ0v) is 33.0. The lowest BCUT2D eigenvalue weighted by Crippen LogP contribution is -3.00. The summed E-state index contributed by atoms with van der Waals surface area (Å²) in [6.07, 6.45) is 20.4. The highest BCUT2D eigenvalue weighted by Gasteiger charge is 2.32. The molecule has 4 heteroatoms. The fourth-order valence-electron chi connectivity index (χ4n) is 7.87. The van der Waals surface area contributed by atoms with Crippen molar-refractivity contribution in [2.75, 3.05) is 41.3 Å². The van der Waals surface area contributed by atoms with E-state index in [0.717, 1.165) is 12.1 Å². The van der Waals surface area contributed by atoms with Gasteiger partial charge < -0.3 is 42.9 Å². The maximum absolute atomic E-state index is 2.50. The minimum Gasteiger partial charge on any atom is -1.00 e. The molecule has 2 aliphatic rings. The van der Waals surface area contributed by atoms with Crippen LogP contribution in [-0.2, 0) is 0 Å². The number of halogens is 2. The summed E-state index contributed by atoms with van der Waals surface area (Å²) >= 11 is 0. The molecule has 0 aromatic heterocycles. The van der Waals surface area contributed by atoms with E-state index in [-0.39, 0.29) is 34.0 Å².